The van der Waals surface area contributed by atoms with Crippen molar-refractivity contribution < 1.29 is 8.42 Å². The van der Waals surface area contributed by atoms with Crippen molar-refractivity contribution in [2.75, 3.05) is 25.9 Å². The Morgan fingerprint density at radius 1 is 1.30 bits per heavy atom. The van der Waals surface area contributed by atoms with Gasteiger partial charge >= 0.3 is 0 Å². The summed E-state index contributed by atoms with van der Waals surface area (Å²) in [5.74, 6) is 0. The lowest BCUT2D eigenvalue weighted by molar-refractivity contribution is 0.0842. The Labute approximate surface area is 125 Å². The highest BCUT2D eigenvalue weighted by Crippen LogP contribution is 2.39. The molecule has 0 aliphatic carbocycles. The maximum Gasteiger partial charge on any atom is 0.211 e. The Morgan fingerprint density at radius 2 is 2.05 bits per heavy atom. The first-order valence-corrected chi connectivity index (χ1v) is 10.0. The summed E-state index contributed by atoms with van der Waals surface area (Å²) in [6.07, 6.45) is 5.48. The average molecular weight is 314 g/mol. The lowest BCUT2D eigenvalue weighted by Gasteiger charge is -2.44. The Morgan fingerprint density at radius 3 is 2.70 bits per heavy atom. The quantitative estimate of drug-likeness (QED) is 0.858. The van der Waals surface area contributed by atoms with Gasteiger partial charge in [0, 0.05) is 25.2 Å². The van der Waals surface area contributed by atoms with E-state index in [2.05, 4.69) is 21.7 Å². The second-order valence-electron chi connectivity index (χ2n) is 6.11. The molecule has 1 aromatic rings. The molecule has 0 bridgehead atoms. The van der Waals surface area contributed by atoms with Gasteiger partial charge in [0.25, 0.3) is 0 Å². The molecular formula is C14H22N2O2S2. The van der Waals surface area contributed by atoms with E-state index in [4.69, 9.17) is 0 Å². The summed E-state index contributed by atoms with van der Waals surface area (Å²) in [5.41, 5.74) is 1.21. The summed E-state index contributed by atoms with van der Waals surface area (Å²) >= 11 is 1.72. The SMILES string of the molecule is CS(=O)(=O)N1CCC[C@]12CCCN(Cc1ccsc1)C2. The highest BCUT2D eigenvalue weighted by atomic mass is 32.2. The van der Waals surface area contributed by atoms with Gasteiger partial charge in [-0.2, -0.15) is 15.6 Å². The molecule has 3 rings (SSSR count). The van der Waals surface area contributed by atoms with Crippen LogP contribution in [0.4, 0.5) is 0 Å². The van der Waals surface area contributed by atoms with Crippen LogP contribution in [0.15, 0.2) is 16.8 Å². The van der Waals surface area contributed by atoms with Gasteiger partial charge in [-0.25, -0.2) is 8.42 Å². The Balaban J connectivity index is 1.77. The van der Waals surface area contributed by atoms with E-state index < -0.39 is 10.0 Å². The molecule has 2 aliphatic heterocycles. The van der Waals surface area contributed by atoms with Gasteiger partial charge < -0.3 is 0 Å². The normalized spacial score (nSPS) is 29.2. The van der Waals surface area contributed by atoms with Crippen molar-refractivity contribution >= 4 is 21.4 Å². The minimum atomic E-state index is -3.09. The van der Waals surface area contributed by atoms with E-state index in [1.54, 1.807) is 15.6 Å². The van der Waals surface area contributed by atoms with Crippen LogP contribution in [0, 0.1) is 0 Å². The number of nitrogens with zero attached hydrogens (tertiary/aromatic N) is 2. The van der Waals surface area contributed by atoms with Crippen LogP contribution >= 0.6 is 11.3 Å². The Hall–Kier alpha value is -0.430. The van der Waals surface area contributed by atoms with Crippen LogP contribution in [-0.2, 0) is 16.6 Å². The molecule has 0 N–H and O–H groups in total. The van der Waals surface area contributed by atoms with Crippen LogP contribution in [0.1, 0.15) is 31.2 Å². The molecule has 0 aromatic carbocycles. The van der Waals surface area contributed by atoms with Gasteiger partial charge in [-0.3, -0.25) is 4.90 Å². The van der Waals surface area contributed by atoms with Crippen LogP contribution in [0.3, 0.4) is 0 Å². The van der Waals surface area contributed by atoms with Gasteiger partial charge in [-0.1, -0.05) is 0 Å². The van der Waals surface area contributed by atoms with Gasteiger partial charge in [0.2, 0.25) is 10.0 Å². The largest absolute Gasteiger partial charge is 0.297 e. The van der Waals surface area contributed by atoms with Crippen LogP contribution in [0.5, 0.6) is 0 Å². The first kappa shape index (κ1) is 14.5. The molecule has 0 unspecified atom stereocenters. The zero-order valence-corrected chi connectivity index (χ0v) is 13.5. The van der Waals surface area contributed by atoms with E-state index in [0.29, 0.717) is 6.54 Å². The molecule has 1 aromatic heterocycles. The summed E-state index contributed by atoms with van der Waals surface area (Å²) in [6, 6.07) is 2.16. The molecule has 0 saturated carbocycles. The number of hydrogen-bond donors (Lipinski definition) is 0. The first-order valence-electron chi connectivity index (χ1n) is 7.21. The molecule has 6 heteroatoms. The minimum absolute atomic E-state index is 0.137. The second-order valence-corrected chi connectivity index (χ2v) is 8.80. The summed E-state index contributed by atoms with van der Waals surface area (Å²) in [6.45, 7) is 3.61. The zero-order valence-electron chi connectivity index (χ0n) is 11.9. The third kappa shape index (κ3) is 2.79. The molecule has 3 heterocycles. The number of hydrogen-bond acceptors (Lipinski definition) is 4. The van der Waals surface area contributed by atoms with E-state index in [1.807, 2.05) is 0 Å². The summed E-state index contributed by atoms with van der Waals surface area (Å²) in [7, 11) is -3.09. The van der Waals surface area contributed by atoms with Crippen molar-refractivity contribution in [3.8, 4) is 0 Å². The third-order valence-electron chi connectivity index (χ3n) is 4.55. The van der Waals surface area contributed by atoms with Gasteiger partial charge in [0.1, 0.15) is 0 Å². The fourth-order valence-electron chi connectivity index (χ4n) is 3.82. The first-order chi connectivity index (χ1) is 9.50. The van der Waals surface area contributed by atoms with Crippen LogP contribution in [-0.4, -0.2) is 49.1 Å². The van der Waals surface area contributed by atoms with Gasteiger partial charge in [-0.05, 0) is 54.6 Å². The fourth-order valence-corrected chi connectivity index (χ4v) is 5.89. The maximum absolute atomic E-state index is 12.0. The summed E-state index contributed by atoms with van der Waals surface area (Å²) in [5, 5.41) is 4.29. The monoisotopic (exact) mass is 314 g/mol. The van der Waals surface area contributed by atoms with E-state index in [9.17, 15) is 8.42 Å². The highest BCUT2D eigenvalue weighted by molar-refractivity contribution is 7.88. The maximum atomic E-state index is 12.0. The van der Waals surface area contributed by atoms with Crippen molar-refractivity contribution in [2.45, 2.75) is 37.8 Å². The van der Waals surface area contributed by atoms with E-state index in [0.717, 1.165) is 45.3 Å². The molecule has 2 saturated heterocycles. The molecule has 0 radical (unpaired) electrons. The third-order valence-corrected chi connectivity index (χ3v) is 6.66. The molecule has 1 spiro atoms. The lowest BCUT2D eigenvalue weighted by atomic mass is 9.87. The molecule has 2 fully saturated rings. The number of sulfonamides is 1. The average Bonchev–Trinajstić information content (AvgIpc) is 2.99. The van der Waals surface area contributed by atoms with E-state index in [1.165, 1.54) is 11.8 Å². The number of piperidine rings is 1. The summed E-state index contributed by atoms with van der Waals surface area (Å²) < 4.78 is 25.9. The van der Waals surface area contributed by atoms with Crippen LogP contribution in [0.2, 0.25) is 0 Å². The van der Waals surface area contributed by atoms with Crippen LogP contribution < -0.4 is 0 Å². The van der Waals surface area contributed by atoms with Crippen molar-refractivity contribution in [3.63, 3.8) is 0 Å². The van der Waals surface area contributed by atoms with Crippen molar-refractivity contribution in [1.29, 1.82) is 0 Å². The standard InChI is InChI=1S/C14H22N2O2S2/c1-20(17,18)16-8-3-6-14(16)5-2-7-15(12-14)10-13-4-9-19-11-13/h4,9,11H,2-3,5-8,10,12H2,1H3/t14-/m0/s1. The molecule has 0 amide bonds. The summed E-state index contributed by atoms with van der Waals surface area (Å²) in [4.78, 5) is 2.43. The smallest absolute Gasteiger partial charge is 0.211 e. The predicted octanol–water partition coefficient (Wildman–Crippen LogP) is 2.14. The number of rotatable bonds is 3. The van der Waals surface area contributed by atoms with Gasteiger partial charge in [-0.15, -0.1) is 0 Å². The topological polar surface area (TPSA) is 40.6 Å². The predicted molar refractivity (Wildman–Crippen MR) is 82.3 cm³/mol. The number of likely N-dealkylation sites (tertiary alicyclic amines) is 1. The van der Waals surface area contributed by atoms with Crippen LogP contribution in [0.25, 0.3) is 0 Å². The van der Waals surface area contributed by atoms with Gasteiger partial charge in [0.05, 0.1) is 6.26 Å². The molecule has 1 atom stereocenters. The number of thiophene rings is 1. The Bertz CT molecular complexity index is 556. The van der Waals surface area contributed by atoms with Crippen molar-refractivity contribution in [3.05, 3.63) is 22.4 Å². The second kappa shape index (κ2) is 5.40. The minimum Gasteiger partial charge on any atom is -0.297 e. The molecule has 2 aliphatic rings. The molecule has 20 heavy (non-hydrogen) atoms. The molecular weight excluding hydrogens is 292 g/mol. The fraction of sp³-hybridized carbons (Fsp3) is 0.714. The zero-order chi connectivity index (χ0) is 14.2. The van der Waals surface area contributed by atoms with E-state index >= 15 is 0 Å². The Kier molecular flexibility index (Phi) is 3.92. The van der Waals surface area contributed by atoms with Crippen molar-refractivity contribution in [1.82, 2.24) is 9.21 Å². The molecule has 4 nitrogen and oxygen atoms in total. The molecule has 112 valence electrons. The lowest BCUT2D eigenvalue weighted by Crippen LogP contribution is -2.56. The van der Waals surface area contributed by atoms with Gasteiger partial charge in [0.15, 0.2) is 0 Å². The van der Waals surface area contributed by atoms with Crippen molar-refractivity contribution in [2.24, 2.45) is 0 Å². The van der Waals surface area contributed by atoms with E-state index in [-0.39, 0.29) is 5.54 Å². The highest BCUT2D eigenvalue weighted by Gasteiger charge is 2.47.